The van der Waals surface area contributed by atoms with Gasteiger partial charge >= 0.3 is 0 Å². The first-order chi connectivity index (χ1) is 10.2. The molecule has 0 aromatic heterocycles. The minimum Gasteiger partial charge on any atom is -0.324 e. The summed E-state index contributed by atoms with van der Waals surface area (Å²) in [7, 11) is 0. The predicted octanol–water partition coefficient (Wildman–Crippen LogP) is 3.67. The van der Waals surface area contributed by atoms with Crippen molar-refractivity contribution < 1.29 is 4.79 Å². The van der Waals surface area contributed by atoms with Crippen LogP contribution < -0.4 is 10.6 Å². The lowest BCUT2D eigenvalue weighted by atomic mass is 10.1. The fourth-order valence-electron chi connectivity index (χ4n) is 2.15. The van der Waals surface area contributed by atoms with E-state index in [0.717, 1.165) is 24.2 Å². The summed E-state index contributed by atoms with van der Waals surface area (Å²) >= 11 is 0. The first-order valence-electron chi connectivity index (χ1n) is 7.36. The highest BCUT2D eigenvalue weighted by Gasteiger charge is 2.19. The number of hydrogen-bond donors (Lipinski definition) is 2. The third-order valence-corrected chi connectivity index (χ3v) is 3.31. The number of rotatable bonds is 6. The van der Waals surface area contributed by atoms with E-state index >= 15 is 0 Å². The van der Waals surface area contributed by atoms with Crippen molar-refractivity contribution in [2.24, 2.45) is 0 Å². The average molecular weight is 282 g/mol. The molecule has 0 aliphatic rings. The second kappa shape index (κ2) is 7.60. The van der Waals surface area contributed by atoms with E-state index in [1.165, 1.54) is 5.56 Å². The van der Waals surface area contributed by atoms with Gasteiger partial charge in [0, 0.05) is 5.69 Å². The van der Waals surface area contributed by atoms with Crippen LogP contribution in [0.5, 0.6) is 0 Å². The maximum atomic E-state index is 12.5. The molecule has 2 aromatic rings. The first kappa shape index (κ1) is 15.3. The van der Waals surface area contributed by atoms with E-state index in [0.29, 0.717) is 0 Å². The standard InChI is InChI=1S/C18H22N2O/c1-3-13-19-17(15-7-5-4-6-8-15)18(21)20-16-11-9-14(2)10-12-16/h4-12,17,19H,3,13H2,1-2H3,(H,20,21)/t17-/m0/s1. The zero-order valence-corrected chi connectivity index (χ0v) is 12.6. The zero-order chi connectivity index (χ0) is 15.1. The molecule has 0 aliphatic carbocycles. The molecule has 2 aromatic carbocycles. The number of amides is 1. The van der Waals surface area contributed by atoms with Crippen LogP contribution in [0.4, 0.5) is 5.69 Å². The molecule has 3 heteroatoms. The Hall–Kier alpha value is -2.13. The van der Waals surface area contributed by atoms with Crippen LogP contribution in [0.2, 0.25) is 0 Å². The Morgan fingerprint density at radius 3 is 2.33 bits per heavy atom. The molecule has 0 radical (unpaired) electrons. The summed E-state index contributed by atoms with van der Waals surface area (Å²) in [4.78, 5) is 12.5. The highest BCUT2D eigenvalue weighted by Crippen LogP contribution is 2.16. The van der Waals surface area contributed by atoms with E-state index in [-0.39, 0.29) is 11.9 Å². The van der Waals surface area contributed by atoms with E-state index < -0.39 is 0 Å². The van der Waals surface area contributed by atoms with Gasteiger partial charge in [-0.15, -0.1) is 0 Å². The van der Waals surface area contributed by atoms with E-state index in [2.05, 4.69) is 17.6 Å². The van der Waals surface area contributed by atoms with Gasteiger partial charge in [-0.25, -0.2) is 0 Å². The van der Waals surface area contributed by atoms with Gasteiger partial charge in [-0.05, 0) is 37.6 Å². The van der Waals surface area contributed by atoms with Crippen LogP contribution in [0.3, 0.4) is 0 Å². The van der Waals surface area contributed by atoms with Crippen molar-refractivity contribution in [2.45, 2.75) is 26.3 Å². The highest BCUT2D eigenvalue weighted by atomic mass is 16.2. The third kappa shape index (κ3) is 4.43. The Labute approximate surface area is 126 Å². The molecular weight excluding hydrogens is 260 g/mol. The minimum atomic E-state index is -0.326. The lowest BCUT2D eigenvalue weighted by molar-refractivity contribution is -0.118. The van der Waals surface area contributed by atoms with Crippen molar-refractivity contribution >= 4 is 11.6 Å². The van der Waals surface area contributed by atoms with Crippen LogP contribution in [0.25, 0.3) is 0 Å². The van der Waals surface area contributed by atoms with Crippen LogP contribution in [-0.4, -0.2) is 12.5 Å². The summed E-state index contributed by atoms with van der Waals surface area (Å²) in [5, 5.41) is 6.28. The van der Waals surface area contributed by atoms with Crippen LogP contribution >= 0.6 is 0 Å². The number of aryl methyl sites for hydroxylation is 1. The minimum absolute atomic E-state index is 0.0292. The first-order valence-corrected chi connectivity index (χ1v) is 7.36. The molecule has 0 saturated carbocycles. The van der Waals surface area contributed by atoms with Crippen LogP contribution in [0.1, 0.15) is 30.5 Å². The number of hydrogen-bond acceptors (Lipinski definition) is 2. The molecule has 1 amide bonds. The molecule has 0 bridgehead atoms. The summed E-state index contributed by atoms with van der Waals surface area (Å²) in [6.07, 6.45) is 0.987. The maximum Gasteiger partial charge on any atom is 0.246 e. The monoisotopic (exact) mass is 282 g/mol. The molecule has 21 heavy (non-hydrogen) atoms. The van der Waals surface area contributed by atoms with Gasteiger partial charge in [-0.3, -0.25) is 4.79 Å². The smallest absolute Gasteiger partial charge is 0.246 e. The van der Waals surface area contributed by atoms with Crippen LogP contribution in [-0.2, 0) is 4.79 Å². The number of carbonyl (C=O) groups is 1. The predicted molar refractivity (Wildman–Crippen MR) is 87.3 cm³/mol. The quantitative estimate of drug-likeness (QED) is 0.848. The molecule has 0 spiro atoms. The summed E-state index contributed by atoms with van der Waals surface area (Å²) in [5.74, 6) is -0.0292. The van der Waals surface area contributed by atoms with Crippen molar-refractivity contribution in [3.63, 3.8) is 0 Å². The third-order valence-electron chi connectivity index (χ3n) is 3.31. The number of anilines is 1. The number of benzene rings is 2. The van der Waals surface area contributed by atoms with E-state index in [1.807, 2.05) is 61.5 Å². The van der Waals surface area contributed by atoms with Gasteiger partial charge in [0.25, 0.3) is 0 Å². The molecule has 0 saturated heterocycles. The van der Waals surface area contributed by atoms with E-state index in [4.69, 9.17) is 0 Å². The molecule has 0 unspecified atom stereocenters. The van der Waals surface area contributed by atoms with Crippen molar-refractivity contribution in [3.8, 4) is 0 Å². The van der Waals surface area contributed by atoms with E-state index in [1.54, 1.807) is 0 Å². The summed E-state index contributed by atoms with van der Waals surface area (Å²) in [6.45, 7) is 4.93. The van der Waals surface area contributed by atoms with Gasteiger partial charge in [-0.2, -0.15) is 0 Å². The van der Waals surface area contributed by atoms with Crippen molar-refractivity contribution in [1.82, 2.24) is 5.32 Å². The lowest BCUT2D eigenvalue weighted by Crippen LogP contribution is -2.33. The summed E-state index contributed by atoms with van der Waals surface area (Å²) < 4.78 is 0. The zero-order valence-electron chi connectivity index (χ0n) is 12.6. The van der Waals surface area contributed by atoms with Gasteiger partial charge < -0.3 is 10.6 Å². The second-order valence-corrected chi connectivity index (χ2v) is 5.15. The van der Waals surface area contributed by atoms with Gasteiger partial charge in [0.1, 0.15) is 6.04 Å². The Balaban J connectivity index is 2.12. The fourth-order valence-corrected chi connectivity index (χ4v) is 2.15. The molecule has 110 valence electrons. The Morgan fingerprint density at radius 1 is 1.05 bits per heavy atom. The SMILES string of the molecule is CCCN[C@H](C(=O)Nc1ccc(C)cc1)c1ccccc1. The largest absolute Gasteiger partial charge is 0.324 e. The number of nitrogens with one attached hydrogen (secondary N) is 2. The summed E-state index contributed by atoms with van der Waals surface area (Å²) in [6, 6.07) is 17.3. The topological polar surface area (TPSA) is 41.1 Å². The van der Waals surface area contributed by atoms with Crippen LogP contribution in [0.15, 0.2) is 54.6 Å². The normalized spacial score (nSPS) is 11.9. The summed E-state index contributed by atoms with van der Waals surface area (Å²) in [5.41, 5.74) is 2.98. The Bertz CT molecular complexity index is 564. The Morgan fingerprint density at radius 2 is 1.71 bits per heavy atom. The molecule has 2 N–H and O–H groups in total. The molecule has 0 fully saturated rings. The lowest BCUT2D eigenvalue weighted by Gasteiger charge is -2.18. The molecular formula is C18H22N2O. The molecule has 3 nitrogen and oxygen atoms in total. The van der Waals surface area contributed by atoms with Gasteiger partial charge in [0.05, 0.1) is 0 Å². The highest BCUT2D eigenvalue weighted by molar-refractivity contribution is 5.95. The number of carbonyl (C=O) groups excluding carboxylic acids is 1. The second-order valence-electron chi connectivity index (χ2n) is 5.15. The molecule has 2 rings (SSSR count). The fraction of sp³-hybridized carbons (Fsp3) is 0.278. The van der Waals surface area contributed by atoms with Gasteiger partial charge in [0.15, 0.2) is 0 Å². The van der Waals surface area contributed by atoms with Crippen LogP contribution in [0, 0.1) is 6.92 Å². The van der Waals surface area contributed by atoms with Gasteiger partial charge in [-0.1, -0.05) is 55.0 Å². The average Bonchev–Trinajstić information content (AvgIpc) is 2.51. The van der Waals surface area contributed by atoms with Crippen molar-refractivity contribution in [1.29, 1.82) is 0 Å². The van der Waals surface area contributed by atoms with Crippen molar-refractivity contribution in [3.05, 3.63) is 65.7 Å². The molecule has 1 atom stereocenters. The van der Waals surface area contributed by atoms with E-state index in [9.17, 15) is 4.79 Å². The van der Waals surface area contributed by atoms with Gasteiger partial charge in [0.2, 0.25) is 5.91 Å². The molecule has 0 heterocycles. The molecule has 0 aliphatic heterocycles. The Kier molecular flexibility index (Phi) is 5.52. The van der Waals surface area contributed by atoms with Crippen molar-refractivity contribution in [2.75, 3.05) is 11.9 Å². The maximum absolute atomic E-state index is 12.5.